The summed E-state index contributed by atoms with van der Waals surface area (Å²) in [6.07, 6.45) is 3.94. The molecule has 14 heavy (non-hydrogen) atoms. The van der Waals surface area contributed by atoms with Crippen LogP contribution in [0.25, 0.3) is 0 Å². The van der Waals surface area contributed by atoms with Crippen LogP contribution in [0.2, 0.25) is 0 Å². The van der Waals surface area contributed by atoms with Crippen LogP contribution in [-0.4, -0.2) is 35.3 Å². The lowest BCUT2D eigenvalue weighted by Gasteiger charge is -2.19. The van der Waals surface area contributed by atoms with Gasteiger partial charge < -0.3 is 10.0 Å². The van der Waals surface area contributed by atoms with E-state index < -0.39 is 5.97 Å². The fraction of sp³-hybridized carbons (Fsp3) is 0.556. The summed E-state index contributed by atoms with van der Waals surface area (Å²) in [6.45, 7) is 1.71. The molecule has 0 aromatic carbocycles. The first-order valence-corrected chi connectivity index (χ1v) is 5.59. The molecule has 5 heteroatoms. The lowest BCUT2D eigenvalue weighted by molar-refractivity contribution is -0.132. The zero-order chi connectivity index (χ0) is 10.6. The molecule has 0 aromatic rings. The Labute approximate surface area is 87.2 Å². The predicted molar refractivity (Wildman–Crippen MR) is 54.6 cm³/mol. The Morgan fingerprint density at radius 3 is 2.43 bits per heavy atom. The minimum atomic E-state index is -1.14. The molecular formula is C9H12N2O2S. The molecule has 0 amide bonds. The highest BCUT2D eigenvalue weighted by Crippen LogP contribution is 2.25. The van der Waals surface area contributed by atoms with E-state index in [0.717, 1.165) is 25.9 Å². The van der Waals surface area contributed by atoms with Crippen molar-refractivity contribution in [1.82, 2.24) is 4.90 Å². The minimum absolute atomic E-state index is 0.139. The average molecular weight is 212 g/mol. The summed E-state index contributed by atoms with van der Waals surface area (Å²) in [6, 6.07) is 1.75. The van der Waals surface area contributed by atoms with Crippen molar-refractivity contribution in [3.63, 3.8) is 0 Å². The van der Waals surface area contributed by atoms with Gasteiger partial charge in [0.25, 0.3) is 0 Å². The van der Waals surface area contributed by atoms with Gasteiger partial charge in [-0.25, -0.2) is 4.79 Å². The lowest BCUT2D eigenvalue weighted by Crippen LogP contribution is -2.20. The summed E-state index contributed by atoms with van der Waals surface area (Å²) in [5, 5.41) is 18.1. The van der Waals surface area contributed by atoms with Crippen LogP contribution in [0.3, 0.4) is 0 Å². The number of hydrogen-bond acceptors (Lipinski definition) is 4. The first kappa shape index (κ1) is 10.9. The van der Waals surface area contributed by atoms with Gasteiger partial charge in [-0.1, -0.05) is 0 Å². The van der Waals surface area contributed by atoms with Crippen molar-refractivity contribution >= 4 is 17.7 Å². The summed E-state index contributed by atoms with van der Waals surface area (Å²) in [5.41, 5.74) is -0.139. The zero-order valence-corrected chi connectivity index (χ0v) is 8.80. The van der Waals surface area contributed by atoms with E-state index in [-0.39, 0.29) is 5.57 Å². The minimum Gasteiger partial charge on any atom is -0.477 e. The SMILES string of the molecule is CS/C(=C(/C#N)C(=O)O)N1CCCC1. The van der Waals surface area contributed by atoms with Crippen molar-refractivity contribution in [2.24, 2.45) is 0 Å². The molecule has 0 radical (unpaired) electrons. The van der Waals surface area contributed by atoms with E-state index in [1.54, 1.807) is 12.3 Å². The van der Waals surface area contributed by atoms with E-state index in [1.807, 2.05) is 4.90 Å². The summed E-state index contributed by atoms with van der Waals surface area (Å²) < 4.78 is 0. The van der Waals surface area contributed by atoms with Gasteiger partial charge in [-0.05, 0) is 19.1 Å². The summed E-state index contributed by atoms with van der Waals surface area (Å²) in [4.78, 5) is 12.7. The standard InChI is InChI=1S/C9H12N2O2S/c1-14-8(7(6-10)9(12)13)11-4-2-3-5-11/h2-5H2,1H3,(H,12,13)/b8-7-. The van der Waals surface area contributed by atoms with Crippen LogP contribution in [0.1, 0.15) is 12.8 Å². The fourth-order valence-corrected chi connectivity index (χ4v) is 2.27. The van der Waals surface area contributed by atoms with Crippen molar-refractivity contribution in [2.45, 2.75) is 12.8 Å². The van der Waals surface area contributed by atoms with E-state index in [4.69, 9.17) is 10.4 Å². The van der Waals surface area contributed by atoms with Crippen LogP contribution < -0.4 is 0 Å². The monoisotopic (exact) mass is 212 g/mol. The highest BCUT2D eigenvalue weighted by atomic mass is 32.2. The Balaban J connectivity index is 2.97. The van der Waals surface area contributed by atoms with Gasteiger partial charge in [-0.2, -0.15) is 5.26 Å². The van der Waals surface area contributed by atoms with Gasteiger partial charge in [-0.3, -0.25) is 0 Å². The molecule has 1 rings (SSSR count). The second-order valence-electron chi connectivity index (χ2n) is 3.00. The van der Waals surface area contributed by atoms with Crippen LogP contribution >= 0.6 is 11.8 Å². The van der Waals surface area contributed by atoms with Gasteiger partial charge in [0.1, 0.15) is 6.07 Å². The van der Waals surface area contributed by atoms with Crippen LogP contribution in [-0.2, 0) is 4.79 Å². The zero-order valence-electron chi connectivity index (χ0n) is 7.99. The van der Waals surface area contributed by atoms with Crippen molar-refractivity contribution in [3.8, 4) is 6.07 Å². The van der Waals surface area contributed by atoms with Gasteiger partial charge in [0.05, 0.1) is 5.03 Å². The van der Waals surface area contributed by atoms with Crippen LogP contribution in [0.4, 0.5) is 0 Å². The van der Waals surface area contributed by atoms with E-state index in [2.05, 4.69) is 0 Å². The van der Waals surface area contributed by atoms with E-state index >= 15 is 0 Å². The fourth-order valence-electron chi connectivity index (χ4n) is 1.50. The molecule has 1 heterocycles. The molecule has 1 aliphatic heterocycles. The number of nitrogens with zero attached hydrogens (tertiary/aromatic N) is 2. The molecule has 0 saturated carbocycles. The third-order valence-electron chi connectivity index (χ3n) is 2.13. The Morgan fingerprint density at radius 1 is 1.50 bits per heavy atom. The third kappa shape index (κ3) is 2.20. The lowest BCUT2D eigenvalue weighted by atomic mass is 10.3. The molecule has 0 bridgehead atoms. The molecule has 0 aromatic heterocycles. The molecule has 0 unspecified atom stereocenters. The number of likely N-dealkylation sites (tertiary alicyclic amines) is 1. The Hall–Kier alpha value is -1.15. The van der Waals surface area contributed by atoms with Crippen molar-refractivity contribution in [2.75, 3.05) is 19.3 Å². The smallest absolute Gasteiger partial charge is 0.349 e. The molecule has 1 aliphatic rings. The summed E-state index contributed by atoms with van der Waals surface area (Å²) in [7, 11) is 0. The molecule has 1 fully saturated rings. The normalized spacial score (nSPS) is 17.6. The first-order chi connectivity index (χ1) is 6.70. The van der Waals surface area contributed by atoms with Crippen molar-refractivity contribution < 1.29 is 9.90 Å². The third-order valence-corrected chi connectivity index (χ3v) is 2.98. The highest BCUT2D eigenvalue weighted by Gasteiger charge is 2.21. The van der Waals surface area contributed by atoms with E-state index in [9.17, 15) is 4.79 Å². The Kier molecular flexibility index (Phi) is 3.84. The molecule has 0 aliphatic carbocycles. The summed E-state index contributed by atoms with van der Waals surface area (Å²) in [5.74, 6) is -1.14. The van der Waals surface area contributed by atoms with Crippen molar-refractivity contribution in [3.05, 3.63) is 10.6 Å². The number of aliphatic carboxylic acids is 1. The molecular weight excluding hydrogens is 200 g/mol. The average Bonchev–Trinajstić information content (AvgIpc) is 2.65. The molecule has 0 spiro atoms. The maximum absolute atomic E-state index is 10.8. The van der Waals surface area contributed by atoms with Gasteiger partial charge in [0.15, 0.2) is 5.57 Å². The molecule has 0 atom stereocenters. The van der Waals surface area contributed by atoms with Gasteiger partial charge in [-0.15, -0.1) is 11.8 Å². The molecule has 1 saturated heterocycles. The molecule has 4 nitrogen and oxygen atoms in total. The largest absolute Gasteiger partial charge is 0.477 e. The van der Waals surface area contributed by atoms with Crippen LogP contribution in [0.5, 0.6) is 0 Å². The van der Waals surface area contributed by atoms with Gasteiger partial charge in [0, 0.05) is 13.1 Å². The maximum Gasteiger partial charge on any atom is 0.349 e. The maximum atomic E-state index is 10.8. The van der Waals surface area contributed by atoms with Crippen molar-refractivity contribution in [1.29, 1.82) is 5.26 Å². The quantitative estimate of drug-likeness (QED) is 0.563. The van der Waals surface area contributed by atoms with Gasteiger partial charge >= 0.3 is 5.97 Å². The number of carboxylic acids is 1. The number of rotatable bonds is 3. The van der Waals surface area contributed by atoms with E-state index in [1.165, 1.54) is 11.8 Å². The number of carbonyl (C=O) groups is 1. The Bertz CT molecular complexity index is 300. The number of thioether (sulfide) groups is 1. The Morgan fingerprint density at radius 2 is 2.07 bits per heavy atom. The summed E-state index contributed by atoms with van der Waals surface area (Å²) >= 11 is 1.33. The first-order valence-electron chi connectivity index (χ1n) is 4.37. The molecule has 1 N–H and O–H groups in total. The van der Waals surface area contributed by atoms with Crippen LogP contribution in [0.15, 0.2) is 10.6 Å². The topological polar surface area (TPSA) is 64.3 Å². The van der Waals surface area contributed by atoms with Gasteiger partial charge in [0.2, 0.25) is 0 Å². The number of carboxylic acid groups (broad SMARTS) is 1. The molecule has 76 valence electrons. The van der Waals surface area contributed by atoms with Crippen LogP contribution in [0, 0.1) is 11.3 Å². The number of hydrogen-bond donors (Lipinski definition) is 1. The van der Waals surface area contributed by atoms with E-state index in [0.29, 0.717) is 5.03 Å². The highest BCUT2D eigenvalue weighted by molar-refractivity contribution is 8.02. The second kappa shape index (κ2) is 4.91. The predicted octanol–water partition coefficient (Wildman–Crippen LogP) is 1.26. The second-order valence-corrected chi connectivity index (χ2v) is 3.79. The number of nitriles is 1.